The summed E-state index contributed by atoms with van der Waals surface area (Å²) in [6.07, 6.45) is 2.08. The lowest BCUT2D eigenvalue weighted by Gasteiger charge is -2.06. The maximum Gasteiger partial charge on any atom is 0.216 e. The van der Waals surface area contributed by atoms with Crippen LogP contribution in [0.15, 0.2) is 65.8 Å². The van der Waals surface area contributed by atoms with Crippen molar-refractivity contribution in [3.63, 3.8) is 0 Å². The van der Waals surface area contributed by atoms with Gasteiger partial charge in [0.2, 0.25) is 4.77 Å². The van der Waals surface area contributed by atoms with Gasteiger partial charge >= 0.3 is 0 Å². The number of halogens is 1. The molecule has 0 radical (unpaired) electrons. The number of phenolic OH excluding ortho intramolecular Hbond substituents is 1. The van der Waals surface area contributed by atoms with E-state index >= 15 is 0 Å². The summed E-state index contributed by atoms with van der Waals surface area (Å²) in [4.78, 5) is 0. The number of benzene rings is 3. The summed E-state index contributed by atoms with van der Waals surface area (Å²) in [5.41, 5.74) is 1.63. The van der Waals surface area contributed by atoms with E-state index in [0.29, 0.717) is 27.6 Å². The number of aromatic amines is 1. The number of rotatable bonds is 4. The Kier molecular flexibility index (Phi) is 4.75. The second-order valence-corrected chi connectivity index (χ2v) is 6.84. The van der Waals surface area contributed by atoms with Crippen LogP contribution >= 0.6 is 23.8 Å². The monoisotopic (exact) mass is 394 g/mol. The van der Waals surface area contributed by atoms with Crippen molar-refractivity contribution < 1.29 is 5.11 Å². The fourth-order valence-electron chi connectivity index (χ4n) is 2.92. The average Bonchev–Trinajstić information content (AvgIpc) is 3.02. The molecule has 0 spiro atoms. The number of nitrogens with one attached hydrogen (secondary N) is 1. The smallest absolute Gasteiger partial charge is 0.216 e. The summed E-state index contributed by atoms with van der Waals surface area (Å²) < 4.78 is 1.93. The number of H-pyrrole nitrogens is 1. The molecule has 3 aromatic carbocycles. The van der Waals surface area contributed by atoms with Crippen LogP contribution in [0.2, 0.25) is 5.02 Å². The molecule has 4 rings (SSSR count). The first-order valence-corrected chi connectivity index (χ1v) is 9.06. The molecule has 0 atom stereocenters. The molecule has 0 aliphatic rings. The number of phenols is 1. The molecule has 0 saturated heterocycles. The van der Waals surface area contributed by atoms with E-state index in [2.05, 4.69) is 39.6 Å². The normalized spacial score (nSPS) is 11.4. The molecule has 27 heavy (non-hydrogen) atoms. The van der Waals surface area contributed by atoms with Gasteiger partial charge in [0.1, 0.15) is 5.75 Å². The first-order valence-electron chi connectivity index (χ1n) is 8.27. The molecule has 0 fully saturated rings. The first kappa shape index (κ1) is 17.5. The van der Waals surface area contributed by atoms with Gasteiger partial charge in [-0.2, -0.15) is 14.9 Å². The van der Waals surface area contributed by atoms with E-state index in [1.54, 1.807) is 16.8 Å². The van der Waals surface area contributed by atoms with Crippen LogP contribution in [0, 0.1) is 4.77 Å². The van der Waals surface area contributed by atoms with Crippen molar-refractivity contribution in [3.8, 4) is 5.75 Å². The maximum absolute atomic E-state index is 9.95. The van der Waals surface area contributed by atoms with Gasteiger partial charge in [0.05, 0.1) is 6.21 Å². The zero-order chi connectivity index (χ0) is 18.8. The van der Waals surface area contributed by atoms with Crippen molar-refractivity contribution in [2.24, 2.45) is 5.10 Å². The molecular weight excluding hydrogens is 380 g/mol. The minimum Gasteiger partial charge on any atom is -0.507 e. The van der Waals surface area contributed by atoms with Gasteiger partial charge in [-0.05, 0) is 46.8 Å². The standard InChI is InChI=1S/C20H15ClN4OS/c21-16-8-9-18(26)15(10-16)12-22-25-19(23-24-20(25)27)11-14-6-3-5-13-4-1-2-7-17(13)14/h1-10,12,26H,11H2,(H,24,27)/b22-12+. The van der Waals surface area contributed by atoms with Crippen LogP contribution in [0.3, 0.4) is 0 Å². The number of hydrogen-bond donors (Lipinski definition) is 2. The fourth-order valence-corrected chi connectivity index (χ4v) is 3.30. The minimum absolute atomic E-state index is 0.0915. The van der Waals surface area contributed by atoms with Gasteiger partial charge in [-0.3, -0.25) is 5.10 Å². The molecule has 7 heteroatoms. The van der Waals surface area contributed by atoms with Crippen LogP contribution < -0.4 is 0 Å². The number of aromatic nitrogens is 3. The number of fused-ring (bicyclic) bond motifs is 1. The second-order valence-electron chi connectivity index (χ2n) is 6.02. The SMILES string of the molecule is Oc1ccc(Cl)cc1/C=N/n1c(Cc2cccc3ccccc23)n[nH]c1=S. The summed E-state index contributed by atoms with van der Waals surface area (Å²) in [5.74, 6) is 0.767. The van der Waals surface area contributed by atoms with Crippen molar-refractivity contribution in [1.29, 1.82) is 0 Å². The quantitative estimate of drug-likeness (QED) is 0.381. The molecule has 0 aliphatic heterocycles. The molecule has 0 amide bonds. The third kappa shape index (κ3) is 3.63. The summed E-state index contributed by atoms with van der Waals surface area (Å²) in [7, 11) is 0. The molecule has 1 heterocycles. The number of hydrogen-bond acceptors (Lipinski definition) is 4. The molecule has 4 aromatic rings. The molecule has 0 aliphatic carbocycles. The highest BCUT2D eigenvalue weighted by Gasteiger charge is 2.09. The van der Waals surface area contributed by atoms with E-state index in [-0.39, 0.29) is 5.75 Å². The fraction of sp³-hybridized carbons (Fsp3) is 0.0500. The van der Waals surface area contributed by atoms with E-state index in [1.807, 2.05) is 18.2 Å². The number of nitrogens with zero attached hydrogens (tertiary/aromatic N) is 3. The molecule has 0 saturated carbocycles. The van der Waals surface area contributed by atoms with Crippen molar-refractivity contribution in [3.05, 3.63) is 87.4 Å². The zero-order valence-electron chi connectivity index (χ0n) is 14.1. The van der Waals surface area contributed by atoms with E-state index < -0.39 is 0 Å². The predicted molar refractivity (Wildman–Crippen MR) is 110 cm³/mol. The highest BCUT2D eigenvalue weighted by atomic mass is 35.5. The van der Waals surface area contributed by atoms with Crippen molar-refractivity contribution in [1.82, 2.24) is 14.9 Å². The predicted octanol–water partition coefficient (Wildman–Crippen LogP) is 4.93. The lowest BCUT2D eigenvalue weighted by atomic mass is 10.0. The second kappa shape index (κ2) is 7.34. The van der Waals surface area contributed by atoms with Gasteiger partial charge < -0.3 is 5.11 Å². The Morgan fingerprint density at radius 3 is 2.85 bits per heavy atom. The largest absolute Gasteiger partial charge is 0.507 e. The van der Waals surface area contributed by atoms with Crippen LogP contribution in [0.25, 0.3) is 10.8 Å². The summed E-state index contributed by atoms with van der Waals surface area (Å²) in [6, 6.07) is 19.1. The van der Waals surface area contributed by atoms with Crippen LogP contribution in [0.4, 0.5) is 0 Å². The summed E-state index contributed by atoms with van der Waals surface area (Å²) in [6.45, 7) is 0. The Morgan fingerprint density at radius 1 is 1.15 bits per heavy atom. The molecule has 1 aromatic heterocycles. The molecule has 0 unspecified atom stereocenters. The third-order valence-corrected chi connectivity index (χ3v) is 4.75. The molecule has 0 bridgehead atoms. The van der Waals surface area contributed by atoms with E-state index in [1.165, 1.54) is 17.7 Å². The van der Waals surface area contributed by atoms with Gasteiger partial charge in [0, 0.05) is 17.0 Å². The van der Waals surface area contributed by atoms with Crippen molar-refractivity contribution >= 4 is 40.8 Å². The molecule has 2 N–H and O–H groups in total. The van der Waals surface area contributed by atoms with Gasteiger partial charge in [-0.15, -0.1) is 0 Å². The Balaban J connectivity index is 1.71. The van der Waals surface area contributed by atoms with Crippen LogP contribution in [0.5, 0.6) is 5.75 Å². The Labute approximate surface area is 165 Å². The lowest BCUT2D eigenvalue weighted by molar-refractivity contribution is 0.474. The van der Waals surface area contributed by atoms with Crippen LogP contribution in [0.1, 0.15) is 17.0 Å². The van der Waals surface area contributed by atoms with E-state index in [0.717, 1.165) is 10.9 Å². The third-order valence-electron chi connectivity index (χ3n) is 4.25. The Bertz CT molecular complexity index is 1210. The highest BCUT2D eigenvalue weighted by molar-refractivity contribution is 7.71. The van der Waals surface area contributed by atoms with Crippen molar-refractivity contribution in [2.45, 2.75) is 6.42 Å². The van der Waals surface area contributed by atoms with Gasteiger partial charge in [0.25, 0.3) is 0 Å². The van der Waals surface area contributed by atoms with E-state index in [9.17, 15) is 5.11 Å². The van der Waals surface area contributed by atoms with Gasteiger partial charge in [0.15, 0.2) is 5.82 Å². The number of aromatic hydroxyl groups is 1. The average molecular weight is 395 g/mol. The summed E-state index contributed by atoms with van der Waals surface area (Å²) >= 11 is 11.3. The maximum atomic E-state index is 9.95. The van der Waals surface area contributed by atoms with Crippen LogP contribution in [-0.2, 0) is 6.42 Å². The summed E-state index contributed by atoms with van der Waals surface area (Å²) in [5, 5.41) is 24.3. The zero-order valence-corrected chi connectivity index (χ0v) is 15.7. The topological polar surface area (TPSA) is 66.2 Å². The lowest BCUT2D eigenvalue weighted by Crippen LogP contribution is -2.01. The molecule has 5 nitrogen and oxygen atoms in total. The van der Waals surface area contributed by atoms with Crippen LogP contribution in [-0.4, -0.2) is 26.2 Å². The van der Waals surface area contributed by atoms with E-state index in [4.69, 9.17) is 23.8 Å². The molecular formula is C20H15ClN4OS. The molecule has 134 valence electrons. The first-order chi connectivity index (χ1) is 13.1. The van der Waals surface area contributed by atoms with Crippen molar-refractivity contribution in [2.75, 3.05) is 0 Å². The van der Waals surface area contributed by atoms with Gasteiger partial charge in [-0.1, -0.05) is 54.1 Å². The van der Waals surface area contributed by atoms with Gasteiger partial charge in [-0.25, -0.2) is 0 Å². The minimum atomic E-state index is 0.0915. The Morgan fingerprint density at radius 2 is 1.96 bits per heavy atom. The highest BCUT2D eigenvalue weighted by Crippen LogP contribution is 2.22. The Hall–Kier alpha value is -2.96.